The molecule has 1 aliphatic heterocycles. The first kappa shape index (κ1) is 13.8. The van der Waals surface area contributed by atoms with Gasteiger partial charge in [0.2, 0.25) is 0 Å². The summed E-state index contributed by atoms with van der Waals surface area (Å²) in [5, 5.41) is 19.2. The quantitative estimate of drug-likeness (QED) is 0.901. The predicted octanol–water partition coefficient (Wildman–Crippen LogP) is 2.71. The van der Waals surface area contributed by atoms with Crippen molar-refractivity contribution in [3.63, 3.8) is 0 Å². The van der Waals surface area contributed by atoms with Crippen LogP contribution in [-0.4, -0.2) is 29.9 Å². The number of hydrogen-bond acceptors (Lipinski definition) is 3. The van der Waals surface area contributed by atoms with Gasteiger partial charge in [0.1, 0.15) is 0 Å². The summed E-state index contributed by atoms with van der Waals surface area (Å²) < 4.78 is 1.02. The number of aliphatic hydroxyl groups is 2. The molecule has 0 saturated carbocycles. The second-order valence-corrected chi connectivity index (χ2v) is 5.93. The van der Waals surface area contributed by atoms with Crippen LogP contribution in [0.5, 0.6) is 0 Å². The molecule has 0 aliphatic carbocycles. The Bertz CT molecular complexity index is 409. The summed E-state index contributed by atoms with van der Waals surface area (Å²) in [5.74, 6) is 0.347. The maximum Gasteiger partial charge on any atom is 0.0782 e. The van der Waals surface area contributed by atoms with Gasteiger partial charge in [0, 0.05) is 35.4 Å². The maximum absolute atomic E-state index is 9.86. The molecule has 100 valence electrons. The second-order valence-electron chi connectivity index (χ2n) is 5.02. The third-order valence-corrected chi connectivity index (χ3v) is 4.05. The smallest absolute Gasteiger partial charge is 0.0782 e. The Morgan fingerprint density at radius 2 is 2.28 bits per heavy atom. The van der Waals surface area contributed by atoms with E-state index in [-0.39, 0.29) is 6.61 Å². The fraction of sp³-hybridized carbons (Fsp3) is 0.571. The SMILES string of the molecule is CC(O)c1ccc(Br)cc1N1CCCC(CO)C1. The van der Waals surface area contributed by atoms with E-state index in [1.54, 1.807) is 6.92 Å². The van der Waals surface area contributed by atoms with Gasteiger partial charge in [-0.3, -0.25) is 0 Å². The summed E-state index contributed by atoms with van der Waals surface area (Å²) in [5.41, 5.74) is 2.04. The Hall–Kier alpha value is -0.580. The van der Waals surface area contributed by atoms with Gasteiger partial charge in [0.05, 0.1) is 6.10 Å². The van der Waals surface area contributed by atoms with Crippen LogP contribution in [0.1, 0.15) is 31.4 Å². The Labute approximate surface area is 117 Å². The number of nitrogens with zero attached hydrogens (tertiary/aromatic N) is 1. The van der Waals surface area contributed by atoms with Crippen LogP contribution in [0, 0.1) is 5.92 Å². The van der Waals surface area contributed by atoms with Crippen molar-refractivity contribution in [2.45, 2.75) is 25.9 Å². The number of rotatable bonds is 3. The van der Waals surface area contributed by atoms with Gasteiger partial charge >= 0.3 is 0 Å². The highest BCUT2D eigenvalue weighted by molar-refractivity contribution is 9.10. The molecule has 0 spiro atoms. The molecule has 1 aromatic carbocycles. The van der Waals surface area contributed by atoms with Gasteiger partial charge in [0.25, 0.3) is 0 Å². The summed E-state index contributed by atoms with van der Waals surface area (Å²) >= 11 is 3.49. The Balaban J connectivity index is 2.28. The van der Waals surface area contributed by atoms with Crippen molar-refractivity contribution in [2.24, 2.45) is 5.92 Å². The van der Waals surface area contributed by atoms with Gasteiger partial charge < -0.3 is 15.1 Å². The van der Waals surface area contributed by atoms with Gasteiger partial charge in [-0.05, 0) is 37.8 Å². The van der Waals surface area contributed by atoms with Crippen molar-refractivity contribution in [3.05, 3.63) is 28.2 Å². The summed E-state index contributed by atoms with van der Waals surface area (Å²) in [6, 6.07) is 5.98. The molecule has 1 aliphatic rings. The predicted molar refractivity (Wildman–Crippen MR) is 76.8 cm³/mol. The molecule has 3 nitrogen and oxygen atoms in total. The van der Waals surface area contributed by atoms with E-state index in [9.17, 15) is 10.2 Å². The van der Waals surface area contributed by atoms with Gasteiger partial charge in [-0.15, -0.1) is 0 Å². The number of benzene rings is 1. The van der Waals surface area contributed by atoms with E-state index in [0.717, 1.165) is 41.7 Å². The normalized spacial score (nSPS) is 22.0. The number of halogens is 1. The Kier molecular flexibility index (Phi) is 4.65. The van der Waals surface area contributed by atoms with Gasteiger partial charge in [-0.2, -0.15) is 0 Å². The summed E-state index contributed by atoms with van der Waals surface area (Å²) in [7, 11) is 0. The first-order chi connectivity index (χ1) is 8.61. The van der Waals surface area contributed by atoms with Crippen molar-refractivity contribution < 1.29 is 10.2 Å². The average molecular weight is 314 g/mol. The van der Waals surface area contributed by atoms with E-state index in [1.807, 2.05) is 12.1 Å². The van der Waals surface area contributed by atoms with E-state index in [1.165, 1.54) is 0 Å². The molecule has 0 amide bonds. The molecule has 1 saturated heterocycles. The van der Waals surface area contributed by atoms with Crippen LogP contribution in [0.25, 0.3) is 0 Å². The summed E-state index contributed by atoms with van der Waals surface area (Å²) in [6.45, 7) is 3.90. The first-order valence-electron chi connectivity index (χ1n) is 6.45. The number of anilines is 1. The molecule has 0 aromatic heterocycles. The standard InChI is InChI=1S/C14H20BrNO2/c1-10(18)13-5-4-12(15)7-14(13)16-6-2-3-11(8-16)9-17/h4-5,7,10-11,17-18H,2-3,6,8-9H2,1H3. The van der Waals surface area contributed by atoms with E-state index in [0.29, 0.717) is 5.92 Å². The summed E-state index contributed by atoms with van der Waals surface area (Å²) in [6.07, 6.45) is 1.71. The molecule has 1 heterocycles. The zero-order valence-corrected chi connectivity index (χ0v) is 12.2. The molecule has 2 rings (SSSR count). The topological polar surface area (TPSA) is 43.7 Å². The lowest BCUT2D eigenvalue weighted by Crippen LogP contribution is -2.37. The molecule has 4 heteroatoms. The molecule has 1 aromatic rings. The van der Waals surface area contributed by atoms with Crippen molar-refractivity contribution in [1.82, 2.24) is 0 Å². The molecule has 0 bridgehead atoms. The molecule has 2 unspecified atom stereocenters. The minimum Gasteiger partial charge on any atom is -0.396 e. The zero-order valence-electron chi connectivity index (χ0n) is 10.6. The van der Waals surface area contributed by atoms with E-state index in [4.69, 9.17) is 0 Å². The average Bonchev–Trinajstić information content (AvgIpc) is 2.38. The molecular formula is C14H20BrNO2. The lowest BCUT2D eigenvalue weighted by molar-refractivity contribution is 0.197. The second kappa shape index (κ2) is 6.04. The summed E-state index contributed by atoms with van der Waals surface area (Å²) in [4.78, 5) is 2.28. The van der Waals surface area contributed by atoms with Crippen molar-refractivity contribution >= 4 is 21.6 Å². The molecule has 2 atom stereocenters. The van der Waals surface area contributed by atoms with Crippen LogP contribution in [0.3, 0.4) is 0 Å². The fourth-order valence-corrected chi connectivity index (χ4v) is 2.93. The fourth-order valence-electron chi connectivity index (χ4n) is 2.58. The number of aliphatic hydroxyl groups excluding tert-OH is 2. The molecular weight excluding hydrogens is 294 g/mol. The largest absolute Gasteiger partial charge is 0.396 e. The van der Waals surface area contributed by atoms with E-state index < -0.39 is 6.10 Å². The minimum absolute atomic E-state index is 0.245. The minimum atomic E-state index is -0.470. The van der Waals surface area contributed by atoms with E-state index in [2.05, 4.69) is 26.9 Å². The highest BCUT2D eigenvalue weighted by Gasteiger charge is 2.22. The number of hydrogen-bond donors (Lipinski definition) is 2. The van der Waals surface area contributed by atoms with Crippen molar-refractivity contribution in [3.8, 4) is 0 Å². The maximum atomic E-state index is 9.86. The van der Waals surface area contributed by atoms with Crippen molar-refractivity contribution in [2.75, 3.05) is 24.6 Å². The monoisotopic (exact) mass is 313 g/mol. The van der Waals surface area contributed by atoms with Gasteiger partial charge in [0.15, 0.2) is 0 Å². The molecule has 0 radical (unpaired) electrons. The first-order valence-corrected chi connectivity index (χ1v) is 7.24. The van der Waals surface area contributed by atoms with Gasteiger partial charge in [-0.1, -0.05) is 22.0 Å². The van der Waals surface area contributed by atoms with Gasteiger partial charge in [-0.25, -0.2) is 0 Å². The Morgan fingerprint density at radius 3 is 2.94 bits per heavy atom. The number of piperidine rings is 1. The third-order valence-electron chi connectivity index (χ3n) is 3.56. The molecule has 2 N–H and O–H groups in total. The van der Waals surface area contributed by atoms with Crippen LogP contribution in [-0.2, 0) is 0 Å². The highest BCUT2D eigenvalue weighted by atomic mass is 79.9. The highest BCUT2D eigenvalue weighted by Crippen LogP contribution is 2.32. The third kappa shape index (κ3) is 3.05. The lowest BCUT2D eigenvalue weighted by Gasteiger charge is -2.35. The molecule has 1 fully saturated rings. The zero-order chi connectivity index (χ0) is 13.1. The van der Waals surface area contributed by atoms with Crippen LogP contribution in [0.2, 0.25) is 0 Å². The van der Waals surface area contributed by atoms with Crippen LogP contribution < -0.4 is 4.90 Å². The Morgan fingerprint density at radius 1 is 1.50 bits per heavy atom. The lowest BCUT2D eigenvalue weighted by atomic mass is 9.97. The molecule has 18 heavy (non-hydrogen) atoms. The van der Waals surface area contributed by atoms with Crippen LogP contribution in [0.15, 0.2) is 22.7 Å². The van der Waals surface area contributed by atoms with Crippen LogP contribution >= 0.6 is 15.9 Å². The van der Waals surface area contributed by atoms with Crippen LogP contribution in [0.4, 0.5) is 5.69 Å². The van der Waals surface area contributed by atoms with Crippen molar-refractivity contribution in [1.29, 1.82) is 0 Å². The van der Waals surface area contributed by atoms with E-state index >= 15 is 0 Å².